The lowest BCUT2D eigenvalue weighted by Gasteiger charge is -2.28. The van der Waals surface area contributed by atoms with Gasteiger partial charge in [-0.2, -0.15) is 0 Å². The van der Waals surface area contributed by atoms with Crippen molar-refractivity contribution in [2.45, 2.75) is 59.1 Å². The molecule has 0 aliphatic carbocycles. The van der Waals surface area contributed by atoms with Crippen molar-refractivity contribution >= 4 is 5.97 Å². The van der Waals surface area contributed by atoms with Crippen LogP contribution in [0.4, 0.5) is 0 Å². The van der Waals surface area contributed by atoms with E-state index in [1.54, 1.807) is 0 Å². The fourth-order valence-corrected chi connectivity index (χ4v) is 2.15. The van der Waals surface area contributed by atoms with Crippen LogP contribution in [0.2, 0.25) is 0 Å². The summed E-state index contributed by atoms with van der Waals surface area (Å²) in [7, 11) is 0. The predicted molar refractivity (Wildman–Crippen MR) is 65.3 cm³/mol. The summed E-state index contributed by atoms with van der Waals surface area (Å²) in [5.74, 6) is 0.550. The second-order valence-electron chi connectivity index (χ2n) is 6.08. The van der Waals surface area contributed by atoms with Crippen LogP contribution in [-0.2, 0) is 9.53 Å². The Morgan fingerprint density at radius 1 is 1.44 bits per heavy atom. The average molecular weight is 227 g/mol. The molecule has 0 aromatic carbocycles. The Labute approximate surface area is 99.1 Å². The molecular weight excluding hydrogens is 202 g/mol. The van der Waals surface area contributed by atoms with Crippen LogP contribution in [0, 0.1) is 5.92 Å². The molecule has 1 atom stereocenters. The Hall–Kier alpha value is -0.570. The molecule has 1 aliphatic heterocycles. The summed E-state index contributed by atoms with van der Waals surface area (Å²) in [5, 5.41) is 0. The normalized spacial score (nSPS) is 22.8. The molecule has 1 rings (SSSR count). The number of hydrogen-bond donors (Lipinski definition) is 0. The summed E-state index contributed by atoms with van der Waals surface area (Å²) in [6, 6.07) is -0.0124. The number of carbonyl (C=O) groups is 1. The van der Waals surface area contributed by atoms with Crippen molar-refractivity contribution in [3.63, 3.8) is 0 Å². The van der Waals surface area contributed by atoms with E-state index in [4.69, 9.17) is 4.74 Å². The van der Waals surface area contributed by atoms with Crippen LogP contribution in [0.15, 0.2) is 0 Å². The molecular formula is C13H25NO2. The van der Waals surface area contributed by atoms with Crippen LogP contribution in [0.5, 0.6) is 0 Å². The van der Waals surface area contributed by atoms with Crippen LogP contribution >= 0.6 is 0 Å². The molecule has 0 aromatic heterocycles. The molecule has 0 N–H and O–H groups in total. The van der Waals surface area contributed by atoms with Gasteiger partial charge in [0.2, 0.25) is 0 Å². The highest BCUT2D eigenvalue weighted by atomic mass is 16.6. The summed E-state index contributed by atoms with van der Waals surface area (Å²) < 4.78 is 5.45. The first kappa shape index (κ1) is 13.5. The SMILES string of the molecule is CC(C)CN1CCCC1C(=O)OC(C)(C)C. The fraction of sp³-hybridized carbons (Fsp3) is 0.923. The summed E-state index contributed by atoms with van der Waals surface area (Å²) in [4.78, 5) is 14.3. The van der Waals surface area contributed by atoms with E-state index in [1.165, 1.54) is 0 Å². The molecule has 3 nitrogen and oxygen atoms in total. The molecule has 0 aromatic rings. The summed E-state index contributed by atoms with van der Waals surface area (Å²) in [6.07, 6.45) is 2.05. The Morgan fingerprint density at radius 2 is 2.06 bits per heavy atom. The van der Waals surface area contributed by atoms with Gasteiger partial charge in [0.25, 0.3) is 0 Å². The van der Waals surface area contributed by atoms with E-state index in [0.717, 1.165) is 25.9 Å². The minimum absolute atomic E-state index is 0.0124. The molecule has 3 heteroatoms. The molecule has 1 unspecified atom stereocenters. The zero-order chi connectivity index (χ0) is 12.3. The predicted octanol–water partition coefficient (Wildman–Crippen LogP) is 2.45. The molecule has 0 radical (unpaired) electrons. The first-order valence-corrected chi connectivity index (χ1v) is 6.26. The lowest BCUT2D eigenvalue weighted by molar-refractivity contribution is -0.160. The van der Waals surface area contributed by atoms with Crippen LogP contribution in [0.25, 0.3) is 0 Å². The van der Waals surface area contributed by atoms with Crippen LogP contribution < -0.4 is 0 Å². The first-order valence-electron chi connectivity index (χ1n) is 6.26. The highest BCUT2D eigenvalue weighted by Crippen LogP contribution is 2.21. The maximum Gasteiger partial charge on any atom is 0.323 e. The molecule has 0 bridgehead atoms. The van der Waals surface area contributed by atoms with Gasteiger partial charge in [-0.25, -0.2) is 0 Å². The highest BCUT2D eigenvalue weighted by molar-refractivity contribution is 5.76. The highest BCUT2D eigenvalue weighted by Gasteiger charge is 2.33. The summed E-state index contributed by atoms with van der Waals surface area (Å²) in [5.41, 5.74) is -0.372. The van der Waals surface area contributed by atoms with E-state index >= 15 is 0 Å². The fourth-order valence-electron chi connectivity index (χ4n) is 2.15. The van der Waals surface area contributed by atoms with E-state index in [9.17, 15) is 4.79 Å². The Bertz CT molecular complexity index is 243. The van der Waals surface area contributed by atoms with Crippen molar-refractivity contribution < 1.29 is 9.53 Å². The number of ether oxygens (including phenoxy) is 1. The molecule has 0 saturated carbocycles. The molecule has 0 amide bonds. The smallest absolute Gasteiger partial charge is 0.323 e. The van der Waals surface area contributed by atoms with Crippen molar-refractivity contribution in [2.75, 3.05) is 13.1 Å². The van der Waals surface area contributed by atoms with E-state index in [1.807, 2.05) is 20.8 Å². The van der Waals surface area contributed by atoms with Crippen molar-refractivity contribution in [2.24, 2.45) is 5.92 Å². The van der Waals surface area contributed by atoms with E-state index in [2.05, 4.69) is 18.7 Å². The van der Waals surface area contributed by atoms with Crippen molar-refractivity contribution in [3.8, 4) is 0 Å². The van der Waals surface area contributed by atoms with Gasteiger partial charge in [0, 0.05) is 6.54 Å². The van der Waals surface area contributed by atoms with Crippen molar-refractivity contribution in [1.29, 1.82) is 0 Å². The van der Waals surface area contributed by atoms with Crippen molar-refractivity contribution in [1.82, 2.24) is 4.90 Å². The third-order valence-corrected chi connectivity index (χ3v) is 2.64. The molecule has 1 saturated heterocycles. The molecule has 1 fully saturated rings. The zero-order valence-corrected chi connectivity index (χ0v) is 11.2. The summed E-state index contributed by atoms with van der Waals surface area (Å²) >= 11 is 0. The number of nitrogens with zero attached hydrogens (tertiary/aromatic N) is 1. The minimum atomic E-state index is -0.372. The number of rotatable bonds is 3. The third kappa shape index (κ3) is 4.12. The Morgan fingerprint density at radius 3 is 2.56 bits per heavy atom. The Kier molecular flexibility index (Phi) is 4.36. The van der Waals surface area contributed by atoms with Crippen LogP contribution in [0.3, 0.4) is 0 Å². The third-order valence-electron chi connectivity index (χ3n) is 2.64. The standard InChI is InChI=1S/C13H25NO2/c1-10(2)9-14-8-6-7-11(14)12(15)16-13(3,4)5/h10-11H,6-9H2,1-5H3. The number of likely N-dealkylation sites (tertiary alicyclic amines) is 1. The first-order chi connectivity index (χ1) is 7.29. The topological polar surface area (TPSA) is 29.5 Å². The van der Waals surface area contributed by atoms with E-state index in [0.29, 0.717) is 5.92 Å². The minimum Gasteiger partial charge on any atom is -0.459 e. The van der Waals surface area contributed by atoms with Gasteiger partial charge in [-0.3, -0.25) is 9.69 Å². The number of carbonyl (C=O) groups excluding carboxylic acids is 1. The van der Waals surface area contributed by atoms with Gasteiger partial charge in [0.05, 0.1) is 0 Å². The second-order valence-corrected chi connectivity index (χ2v) is 6.08. The quantitative estimate of drug-likeness (QED) is 0.694. The number of esters is 1. The second kappa shape index (κ2) is 5.17. The average Bonchev–Trinajstić information content (AvgIpc) is 2.47. The van der Waals surface area contributed by atoms with E-state index < -0.39 is 0 Å². The van der Waals surface area contributed by atoms with Crippen LogP contribution in [-0.4, -0.2) is 35.6 Å². The van der Waals surface area contributed by atoms with Gasteiger partial charge in [0.15, 0.2) is 0 Å². The van der Waals surface area contributed by atoms with Gasteiger partial charge >= 0.3 is 5.97 Å². The van der Waals surface area contributed by atoms with Gasteiger partial charge in [0.1, 0.15) is 11.6 Å². The zero-order valence-electron chi connectivity index (χ0n) is 11.2. The molecule has 1 aliphatic rings. The van der Waals surface area contributed by atoms with Crippen molar-refractivity contribution in [3.05, 3.63) is 0 Å². The largest absolute Gasteiger partial charge is 0.459 e. The van der Waals surface area contributed by atoms with Gasteiger partial charge in [-0.05, 0) is 46.1 Å². The lowest BCUT2D eigenvalue weighted by atomic mass is 10.1. The molecule has 16 heavy (non-hydrogen) atoms. The van der Waals surface area contributed by atoms with Gasteiger partial charge in [-0.15, -0.1) is 0 Å². The maximum atomic E-state index is 12.0. The lowest BCUT2D eigenvalue weighted by Crippen LogP contribution is -2.41. The van der Waals surface area contributed by atoms with Crippen LogP contribution in [0.1, 0.15) is 47.5 Å². The monoisotopic (exact) mass is 227 g/mol. The number of hydrogen-bond acceptors (Lipinski definition) is 3. The van der Waals surface area contributed by atoms with Gasteiger partial charge < -0.3 is 4.74 Å². The maximum absolute atomic E-state index is 12.0. The Balaban J connectivity index is 2.54. The van der Waals surface area contributed by atoms with E-state index in [-0.39, 0.29) is 17.6 Å². The summed E-state index contributed by atoms with van der Waals surface area (Å²) in [6.45, 7) is 12.2. The molecule has 94 valence electrons. The van der Waals surface area contributed by atoms with Gasteiger partial charge in [-0.1, -0.05) is 13.8 Å². The molecule has 1 heterocycles. The molecule has 0 spiro atoms.